The van der Waals surface area contributed by atoms with E-state index < -0.39 is 0 Å². The number of nitrogens with zero attached hydrogens (tertiary/aromatic N) is 4. The highest BCUT2D eigenvalue weighted by molar-refractivity contribution is 7.10. The van der Waals surface area contributed by atoms with Gasteiger partial charge in [-0.3, -0.25) is 4.79 Å². The Morgan fingerprint density at radius 2 is 1.82 bits per heavy atom. The van der Waals surface area contributed by atoms with Gasteiger partial charge in [-0.2, -0.15) is 0 Å². The zero-order valence-electron chi connectivity index (χ0n) is 15.8. The standard InChI is InChI=1S/C21H23N5OS/c1-25-10-12-26(13-11-25)20-9-8-19(23-24-20)16-4-6-17(7-5-16)22-21(27)15-18-3-2-14-28-18/h2-9,14H,10-13,15H2,1H3,(H,22,27). The van der Waals surface area contributed by atoms with E-state index in [0.29, 0.717) is 6.42 Å². The molecule has 0 spiro atoms. The number of nitrogens with one attached hydrogen (secondary N) is 1. The average molecular weight is 394 g/mol. The van der Waals surface area contributed by atoms with Crippen LogP contribution >= 0.6 is 11.3 Å². The summed E-state index contributed by atoms with van der Waals surface area (Å²) in [5, 5.41) is 13.7. The molecule has 0 atom stereocenters. The van der Waals surface area contributed by atoms with E-state index in [1.807, 2.05) is 53.9 Å². The van der Waals surface area contributed by atoms with Gasteiger partial charge in [-0.05, 0) is 42.8 Å². The third-order valence-corrected chi connectivity index (χ3v) is 5.73. The minimum Gasteiger partial charge on any atom is -0.353 e. The van der Waals surface area contributed by atoms with Gasteiger partial charge in [-0.25, -0.2) is 0 Å². The molecule has 3 aromatic rings. The molecule has 1 N–H and O–H groups in total. The van der Waals surface area contributed by atoms with Gasteiger partial charge in [0.2, 0.25) is 5.91 Å². The molecule has 28 heavy (non-hydrogen) atoms. The number of anilines is 2. The number of aromatic nitrogens is 2. The van der Waals surface area contributed by atoms with Crippen LogP contribution in [-0.4, -0.2) is 54.2 Å². The van der Waals surface area contributed by atoms with Crippen LogP contribution in [0.1, 0.15) is 4.88 Å². The van der Waals surface area contributed by atoms with E-state index in [2.05, 4.69) is 32.4 Å². The topological polar surface area (TPSA) is 61.4 Å². The van der Waals surface area contributed by atoms with E-state index in [1.54, 1.807) is 11.3 Å². The predicted molar refractivity (Wildman–Crippen MR) is 114 cm³/mol. The summed E-state index contributed by atoms with van der Waals surface area (Å²) in [4.78, 5) is 17.8. The summed E-state index contributed by atoms with van der Waals surface area (Å²) in [7, 11) is 2.14. The molecule has 7 heteroatoms. The van der Waals surface area contributed by atoms with Gasteiger partial charge in [0.25, 0.3) is 0 Å². The first kappa shape index (κ1) is 18.6. The molecular weight excluding hydrogens is 370 g/mol. The van der Waals surface area contributed by atoms with E-state index >= 15 is 0 Å². The fraction of sp³-hybridized carbons (Fsp3) is 0.286. The van der Waals surface area contributed by atoms with Crippen molar-refractivity contribution in [3.8, 4) is 11.3 Å². The van der Waals surface area contributed by atoms with Crippen LogP contribution in [0.5, 0.6) is 0 Å². The van der Waals surface area contributed by atoms with Gasteiger partial charge in [-0.15, -0.1) is 21.5 Å². The molecule has 1 amide bonds. The van der Waals surface area contributed by atoms with Gasteiger partial charge in [-0.1, -0.05) is 18.2 Å². The summed E-state index contributed by atoms with van der Waals surface area (Å²) >= 11 is 1.59. The second-order valence-corrected chi connectivity index (χ2v) is 7.98. The van der Waals surface area contributed by atoms with Crippen molar-refractivity contribution in [1.82, 2.24) is 15.1 Å². The third kappa shape index (κ3) is 4.55. The number of benzene rings is 1. The Balaban J connectivity index is 1.37. The summed E-state index contributed by atoms with van der Waals surface area (Å²) < 4.78 is 0. The number of carbonyl (C=O) groups is 1. The first-order valence-corrected chi connectivity index (χ1v) is 10.3. The number of hydrogen-bond acceptors (Lipinski definition) is 6. The molecule has 1 aliphatic rings. The first-order chi connectivity index (χ1) is 13.7. The number of piperazine rings is 1. The van der Waals surface area contributed by atoms with Gasteiger partial charge >= 0.3 is 0 Å². The monoisotopic (exact) mass is 393 g/mol. The van der Waals surface area contributed by atoms with Crippen LogP contribution in [0.4, 0.5) is 11.5 Å². The zero-order valence-corrected chi connectivity index (χ0v) is 16.7. The minimum atomic E-state index is -0.00785. The van der Waals surface area contributed by atoms with Crippen molar-refractivity contribution >= 4 is 28.7 Å². The van der Waals surface area contributed by atoms with Crippen molar-refractivity contribution in [1.29, 1.82) is 0 Å². The highest BCUT2D eigenvalue weighted by Gasteiger charge is 2.15. The fourth-order valence-electron chi connectivity index (χ4n) is 3.18. The maximum atomic E-state index is 12.1. The number of likely N-dealkylation sites (N-methyl/N-ethyl adjacent to an activating group) is 1. The number of thiophene rings is 1. The third-order valence-electron chi connectivity index (χ3n) is 4.86. The number of rotatable bonds is 5. The first-order valence-electron chi connectivity index (χ1n) is 9.37. The lowest BCUT2D eigenvalue weighted by Crippen LogP contribution is -2.44. The quantitative estimate of drug-likeness (QED) is 0.722. The number of hydrogen-bond donors (Lipinski definition) is 1. The van der Waals surface area contributed by atoms with Crippen LogP contribution in [0, 0.1) is 0 Å². The molecule has 6 nitrogen and oxygen atoms in total. The molecule has 4 rings (SSSR count). The smallest absolute Gasteiger partial charge is 0.229 e. The summed E-state index contributed by atoms with van der Waals surface area (Å²) in [5.74, 6) is 0.917. The molecule has 0 aliphatic carbocycles. The van der Waals surface area contributed by atoms with Gasteiger partial charge in [0, 0.05) is 42.3 Å². The molecule has 1 aliphatic heterocycles. The molecule has 3 heterocycles. The van der Waals surface area contributed by atoms with Crippen molar-refractivity contribution in [2.75, 3.05) is 43.4 Å². The van der Waals surface area contributed by atoms with Crippen LogP contribution in [-0.2, 0) is 11.2 Å². The molecular formula is C21H23N5OS. The van der Waals surface area contributed by atoms with Crippen molar-refractivity contribution in [3.63, 3.8) is 0 Å². The molecule has 0 unspecified atom stereocenters. The van der Waals surface area contributed by atoms with E-state index in [9.17, 15) is 4.79 Å². The molecule has 0 saturated carbocycles. The summed E-state index contributed by atoms with van der Waals surface area (Å²) in [5.41, 5.74) is 2.59. The van der Waals surface area contributed by atoms with Gasteiger partial charge < -0.3 is 15.1 Å². The van der Waals surface area contributed by atoms with E-state index in [0.717, 1.165) is 53.8 Å². The van der Waals surface area contributed by atoms with E-state index in [1.165, 1.54) is 0 Å². The molecule has 144 valence electrons. The minimum absolute atomic E-state index is 0.00785. The lowest BCUT2D eigenvalue weighted by Gasteiger charge is -2.32. The predicted octanol–water partition coefficient (Wildman–Crippen LogP) is 3.14. The maximum absolute atomic E-state index is 12.1. The largest absolute Gasteiger partial charge is 0.353 e. The molecule has 1 aromatic carbocycles. The van der Waals surface area contributed by atoms with Crippen molar-refractivity contribution in [2.24, 2.45) is 0 Å². The fourth-order valence-corrected chi connectivity index (χ4v) is 3.89. The Morgan fingerprint density at radius 3 is 2.46 bits per heavy atom. The Labute approximate surface area is 168 Å². The highest BCUT2D eigenvalue weighted by Crippen LogP contribution is 2.21. The summed E-state index contributed by atoms with van der Waals surface area (Å²) in [6.45, 7) is 4.04. The summed E-state index contributed by atoms with van der Waals surface area (Å²) in [6.07, 6.45) is 0.401. The van der Waals surface area contributed by atoms with E-state index in [4.69, 9.17) is 0 Å². The van der Waals surface area contributed by atoms with Gasteiger partial charge in [0.15, 0.2) is 5.82 Å². The second-order valence-electron chi connectivity index (χ2n) is 6.95. The highest BCUT2D eigenvalue weighted by atomic mass is 32.1. The van der Waals surface area contributed by atoms with Crippen LogP contribution in [0.2, 0.25) is 0 Å². The molecule has 0 bridgehead atoms. The SMILES string of the molecule is CN1CCN(c2ccc(-c3ccc(NC(=O)Cc4cccs4)cc3)nn2)CC1. The Kier molecular flexibility index (Phi) is 5.64. The normalized spacial score (nSPS) is 14.8. The number of amides is 1. The van der Waals surface area contributed by atoms with Gasteiger partial charge in [0.1, 0.15) is 0 Å². The van der Waals surface area contributed by atoms with Crippen LogP contribution in [0.15, 0.2) is 53.9 Å². The van der Waals surface area contributed by atoms with Crippen LogP contribution < -0.4 is 10.2 Å². The Hall–Kier alpha value is -2.77. The van der Waals surface area contributed by atoms with Crippen molar-refractivity contribution in [2.45, 2.75) is 6.42 Å². The van der Waals surface area contributed by atoms with Crippen LogP contribution in [0.25, 0.3) is 11.3 Å². The van der Waals surface area contributed by atoms with Crippen molar-refractivity contribution < 1.29 is 4.79 Å². The number of carbonyl (C=O) groups excluding carboxylic acids is 1. The van der Waals surface area contributed by atoms with Crippen LogP contribution in [0.3, 0.4) is 0 Å². The van der Waals surface area contributed by atoms with Gasteiger partial charge in [0.05, 0.1) is 12.1 Å². The summed E-state index contributed by atoms with van der Waals surface area (Å²) in [6, 6.07) is 15.7. The van der Waals surface area contributed by atoms with E-state index in [-0.39, 0.29) is 5.91 Å². The lowest BCUT2D eigenvalue weighted by atomic mass is 10.1. The average Bonchev–Trinajstić information content (AvgIpc) is 3.22. The van der Waals surface area contributed by atoms with Crippen molar-refractivity contribution in [3.05, 3.63) is 58.8 Å². The molecule has 1 fully saturated rings. The Bertz CT molecular complexity index is 901. The second kappa shape index (κ2) is 8.50. The molecule has 1 saturated heterocycles. The molecule has 2 aromatic heterocycles. The Morgan fingerprint density at radius 1 is 1.04 bits per heavy atom. The maximum Gasteiger partial charge on any atom is 0.229 e. The lowest BCUT2D eigenvalue weighted by molar-refractivity contribution is -0.115. The zero-order chi connectivity index (χ0) is 19.3. The molecule has 0 radical (unpaired) electrons.